The number of benzene rings is 1. The van der Waals surface area contributed by atoms with Crippen molar-refractivity contribution in [2.24, 2.45) is 0 Å². The van der Waals surface area contributed by atoms with Crippen LogP contribution in [0.2, 0.25) is 0 Å². The number of aliphatic hydroxyl groups is 2. The van der Waals surface area contributed by atoms with Crippen molar-refractivity contribution in [3.05, 3.63) is 29.3 Å². The maximum atomic E-state index is 10.1. The number of rotatable bonds is 1. The van der Waals surface area contributed by atoms with Crippen molar-refractivity contribution in [1.29, 1.82) is 0 Å². The summed E-state index contributed by atoms with van der Waals surface area (Å²) in [7, 11) is 0. The lowest BCUT2D eigenvalue weighted by Crippen LogP contribution is -2.34. The standard InChI is InChI=1S/C11H14O3/c12-7-11(14)5-1-2-8-6-9(13)3-4-10(8)11/h3-4,6,12-14H,1-2,5,7H2. The Bertz CT molecular complexity index is 348. The fourth-order valence-electron chi connectivity index (χ4n) is 2.11. The van der Waals surface area contributed by atoms with Crippen LogP contribution < -0.4 is 0 Å². The molecule has 0 radical (unpaired) electrons. The smallest absolute Gasteiger partial charge is 0.115 e. The van der Waals surface area contributed by atoms with Crippen LogP contribution in [0, 0.1) is 0 Å². The van der Waals surface area contributed by atoms with Crippen molar-refractivity contribution in [2.75, 3.05) is 6.61 Å². The number of fused-ring (bicyclic) bond motifs is 1. The fourth-order valence-corrected chi connectivity index (χ4v) is 2.11. The molecule has 0 amide bonds. The minimum Gasteiger partial charge on any atom is -0.508 e. The van der Waals surface area contributed by atoms with Gasteiger partial charge in [0.15, 0.2) is 0 Å². The Morgan fingerprint density at radius 1 is 1.36 bits per heavy atom. The van der Waals surface area contributed by atoms with Gasteiger partial charge in [-0.25, -0.2) is 0 Å². The molecular formula is C11H14O3. The molecule has 1 aliphatic rings. The van der Waals surface area contributed by atoms with Crippen molar-refractivity contribution in [1.82, 2.24) is 0 Å². The van der Waals surface area contributed by atoms with E-state index in [2.05, 4.69) is 0 Å². The predicted octanol–water partition coefficient (Wildman–Crippen LogP) is 0.908. The molecule has 0 aliphatic heterocycles. The molecule has 1 aromatic rings. The molecule has 0 bridgehead atoms. The number of aryl methyl sites for hydroxylation is 1. The summed E-state index contributed by atoms with van der Waals surface area (Å²) in [6, 6.07) is 4.90. The summed E-state index contributed by atoms with van der Waals surface area (Å²) in [4.78, 5) is 0. The molecule has 2 rings (SSSR count). The van der Waals surface area contributed by atoms with Crippen LogP contribution in [0.15, 0.2) is 18.2 Å². The quantitative estimate of drug-likeness (QED) is 0.622. The zero-order valence-electron chi connectivity index (χ0n) is 7.90. The van der Waals surface area contributed by atoms with E-state index in [-0.39, 0.29) is 12.4 Å². The van der Waals surface area contributed by atoms with Crippen LogP contribution in [-0.4, -0.2) is 21.9 Å². The third-order valence-corrected chi connectivity index (χ3v) is 2.89. The molecule has 1 unspecified atom stereocenters. The van der Waals surface area contributed by atoms with Gasteiger partial charge in [0.1, 0.15) is 11.4 Å². The van der Waals surface area contributed by atoms with Crippen LogP contribution in [0.3, 0.4) is 0 Å². The van der Waals surface area contributed by atoms with E-state index in [9.17, 15) is 10.2 Å². The molecule has 0 aromatic heterocycles. The SMILES string of the molecule is OCC1(O)CCCc2cc(O)ccc21. The molecule has 0 heterocycles. The number of aromatic hydroxyl groups is 1. The van der Waals surface area contributed by atoms with Crippen molar-refractivity contribution in [3.63, 3.8) is 0 Å². The summed E-state index contributed by atoms with van der Waals surface area (Å²) >= 11 is 0. The molecule has 3 heteroatoms. The number of hydrogen-bond acceptors (Lipinski definition) is 3. The van der Waals surface area contributed by atoms with Gasteiger partial charge in [0.2, 0.25) is 0 Å². The van der Waals surface area contributed by atoms with Gasteiger partial charge < -0.3 is 15.3 Å². The van der Waals surface area contributed by atoms with Crippen LogP contribution >= 0.6 is 0 Å². The third kappa shape index (κ3) is 1.38. The molecule has 0 spiro atoms. The molecule has 14 heavy (non-hydrogen) atoms. The number of phenols is 1. The van der Waals surface area contributed by atoms with E-state index in [4.69, 9.17) is 5.11 Å². The summed E-state index contributed by atoms with van der Waals surface area (Å²) in [5, 5.41) is 28.5. The molecule has 1 aliphatic carbocycles. The highest BCUT2D eigenvalue weighted by Crippen LogP contribution is 2.36. The zero-order valence-corrected chi connectivity index (χ0v) is 7.90. The highest BCUT2D eigenvalue weighted by molar-refractivity contribution is 5.40. The van der Waals surface area contributed by atoms with Crippen LogP contribution in [0.5, 0.6) is 5.75 Å². The first-order chi connectivity index (χ1) is 6.65. The fraction of sp³-hybridized carbons (Fsp3) is 0.455. The van der Waals surface area contributed by atoms with Crippen molar-refractivity contribution < 1.29 is 15.3 Å². The highest BCUT2D eigenvalue weighted by atomic mass is 16.3. The van der Waals surface area contributed by atoms with Gasteiger partial charge in [-0.2, -0.15) is 0 Å². The molecular weight excluding hydrogens is 180 g/mol. The summed E-state index contributed by atoms with van der Waals surface area (Å²) in [6.07, 6.45) is 2.28. The average Bonchev–Trinajstić information content (AvgIpc) is 2.18. The lowest BCUT2D eigenvalue weighted by molar-refractivity contribution is -0.0327. The first kappa shape index (κ1) is 9.49. The summed E-state index contributed by atoms with van der Waals surface area (Å²) in [5.41, 5.74) is 0.582. The van der Waals surface area contributed by atoms with Crippen LogP contribution in [-0.2, 0) is 12.0 Å². The molecule has 0 saturated heterocycles. The third-order valence-electron chi connectivity index (χ3n) is 2.89. The Labute approximate surface area is 82.6 Å². The van der Waals surface area contributed by atoms with Crippen molar-refractivity contribution >= 4 is 0 Å². The first-order valence-electron chi connectivity index (χ1n) is 4.81. The van der Waals surface area contributed by atoms with Gasteiger partial charge in [0.25, 0.3) is 0 Å². The summed E-state index contributed by atoms with van der Waals surface area (Å²) < 4.78 is 0. The monoisotopic (exact) mass is 194 g/mol. The minimum absolute atomic E-state index is 0.214. The van der Waals surface area contributed by atoms with E-state index in [1.807, 2.05) is 0 Å². The molecule has 0 saturated carbocycles. The Kier molecular flexibility index (Phi) is 2.21. The molecule has 1 aromatic carbocycles. The predicted molar refractivity (Wildman–Crippen MR) is 52.0 cm³/mol. The van der Waals surface area contributed by atoms with Crippen LogP contribution in [0.1, 0.15) is 24.0 Å². The molecule has 76 valence electrons. The van der Waals surface area contributed by atoms with Gasteiger partial charge in [-0.15, -0.1) is 0 Å². The molecule has 1 atom stereocenters. The summed E-state index contributed by atoms with van der Waals surface area (Å²) in [5.74, 6) is 0.214. The lowest BCUT2D eigenvalue weighted by Gasteiger charge is -2.32. The second-order valence-electron chi connectivity index (χ2n) is 3.88. The van der Waals surface area contributed by atoms with E-state index in [0.717, 1.165) is 24.0 Å². The first-order valence-corrected chi connectivity index (χ1v) is 4.81. The van der Waals surface area contributed by atoms with Crippen molar-refractivity contribution in [2.45, 2.75) is 24.9 Å². The van der Waals surface area contributed by atoms with E-state index in [1.54, 1.807) is 18.2 Å². The normalized spacial score (nSPS) is 25.9. The van der Waals surface area contributed by atoms with E-state index in [0.29, 0.717) is 6.42 Å². The minimum atomic E-state index is -1.11. The summed E-state index contributed by atoms with van der Waals surface area (Å²) in [6.45, 7) is -0.259. The van der Waals surface area contributed by atoms with Gasteiger partial charge >= 0.3 is 0 Å². The second kappa shape index (κ2) is 3.26. The Balaban J connectivity index is 2.50. The largest absolute Gasteiger partial charge is 0.508 e. The Morgan fingerprint density at radius 3 is 2.86 bits per heavy atom. The Hall–Kier alpha value is -1.06. The van der Waals surface area contributed by atoms with Gasteiger partial charge in [-0.05, 0) is 42.5 Å². The van der Waals surface area contributed by atoms with Gasteiger partial charge in [-0.1, -0.05) is 6.07 Å². The lowest BCUT2D eigenvalue weighted by atomic mass is 9.79. The molecule has 3 N–H and O–H groups in total. The van der Waals surface area contributed by atoms with Crippen LogP contribution in [0.25, 0.3) is 0 Å². The van der Waals surface area contributed by atoms with E-state index in [1.165, 1.54) is 0 Å². The molecule has 3 nitrogen and oxygen atoms in total. The zero-order chi connectivity index (χ0) is 10.2. The van der Waals surface area contributed by atoms with Gasteiger partial charge in [-0.3, -0.25) is 0 Å². The topological polar surface area (TPSA) is 60.7 Å². The maximum Gasteiger partial charge on any atom is 0.115 e. The highest BCUT2D eigenvalue weighted by Gasteiger charge is 2.33. The van der Waals surface area contributed by atoms with Gasteiger partial charge in [0.05, 0.1) is 6.61 Å². The van der Waals surface area contributed by atoms with Crippen molar-refractivity contribution in [3.8, 4) is 5.75 Å². The number of phenolic OH excluding ortho intramolecular Hbond substituents is 1. The van der Waals surface area contributed by atoms with E-state index >= 15 is 0 Å². The second-order valence-corrected chi connectivity index (χ2v) is 3.88. The maximum absolute atomic E-state index is 10.1. The van der Waals surface area contributed by atoms with Gasteiger partial charge in [0, 0.05) is 0 Å². The Morgan fingerprint density at radius 2 is 2.14 bits per heavy atom. The van der Waals surface area contributed by atoms with E-state index < -0.39 is 5.60 Å². The average molecular weight is 194 g/mol. The van der Waals surface area contributed by atoms with Crippen LogP contribution in [0.4, 0.5) is 0 Å². The number of aliphatic hydroxyl groups excluding tert-OH is 1. The number of hydrogen-bond donors (Lipinski definition) is 3. The molecule has 0 fully saturated rings.